The van der Waals surface area contributed by atoms with Crippen molar-refractivity contribution in [3.63, 3.8) is 0 Å². The lowest BCUT2D eigenvalue weighted by Crippen LogP contribution is -2.28. The number of amides is 1. The number of carbonyl (C=O) groups is 1. The summed E-state index contributed by atoms with van der Waals surface area (Å²) in [7, 11) is 0. The molecule has 0 atom stereocenters. The summed E-state index contributed by atoms with van der Waals surface area (Å²) in [5, 5.41) is 13.0. The minimum Gasteiger partial charge on any atom is -0.324 e. The number of anilines is 1. The summed E-state index contributed by atoms with van der Waals surface area (Å²) in [4.78, 5) is 38.5. The summed E-state index contributed by atoms with van der Waals surface area (Å²) in [5.74, 6) is -0.981. The van der Waals surface area contributed by atoms with Crippen LogP contribution in [-0.4, -0.2) is 20.4 Å². The minimum absolute atomic E-state index is 0.0223. The van der Waals surface area contributed by atoms with Crippen molar-refractivity contribution in [1.82, 2.24) is 9.55 Å². The van der Waals surface area contributed by atoms with E-state index in [0.29, 0.717) is 6.07 Å². The number of non-ortho nitro benzene ring substituents is 1. The van der Waals surface area contributed by atoms with Gasteiger partial charge in [0.25, 0.3) is 11.2 Å². The molecule has 156 valence electrons. The monoisotopic (exact) mass is 460 g/mol. The summed E-state index contributed by atoms with van der Waals surface area (Å²) in [5.41, 5.74) is -3.40. The smallest absolute Gasteiger partial charge is 0.324 e. The van der Waals surface area contributed by atoms with E-state index in [-0.39, 0.29) is 20.9 Å². The zero-order valence-electron chi connectivity index (χ0n) is 14.5. The van der Waals surface area contributed by atoms with Crippen LogP contribution in [0, 0.1) is 10.1 Å². The van der Waals surface area contributed by atoms with Gasteiger partial charge in [0.2, 0.25) is 5.91 Å². The molecule has 0 aliphatic carbocycles. The van der Waals surface area contributed by atoms with Crippen LogP contribution in [0.1, 0.15) is 5.56 Å². The van der Waals surface area contributed by atoms with Crippen LogP contribution in [0.15, 0.2) is 41.5 Å². The maximum Gasteiger partial charge on any atom is 0.418 e. The molecule has 0 fully saturated rings. The number of nitro groups is 1. The largest absolute Gasteiger partial charge is 0.418 e. The number of hydrogen-bond donors (Lipinski definition) is 1. The van der Waals surface area contributed by atoms with Crippen molar-refractivity contribution in [2.45, 2.75) is 12.7 Å². The fraction of sp³-hybridized carbons (Fsp3) is 0.118. The van der Waals surface area contributed by atoms with Crippen LogP contribution in [0.5, 0.6) is 0 Å². The number of rotatable bonds is 4. The summed E-state index contributed by atoms with van der Waals surface area (Å²) in [6.07, 6.45) is -3.94. The topological polar surface area (TPSA) is 107 Å². The summed E-state index contributed by atoms with van der Waals surface area (Å²) >= 11 is 11.8. The highest BCUT2D eigenvalue weighted by atomic mass is 35.5. The van der Waals surface area contributed by atoms with Crippen LogP contribution in [0.2, 0.25) is 10.0 Å². The molecule has 0 radical (unpaired) electrons. The van der Waals surface area contributed by atoms with Gasteiger partial charge in [-0.1, -0.05) is 23.2 Å². The number of aromatic nitrogens is 2. The van der Waals surface area contributed by atoms with Crippen molar-refractivity contribution in [3.8, 4) is 0 Å². The Bertz CT molecular complexity index is 1240. The molecule has 1 aromatic heterocycles. The number of halogens is 5. The van der Waals surface area contributed by atoms with E-state index in [1.165, 1.54) is 12.1 Å². The predicted octanol–water partition coefficient (Wildman–Crippen LogP) is 4.27. The third-order valence-corrected chi connectivity index (χ3v) is 4.46. The molecule has 2 aromatic carbocycles. The molecule has 3 rings (SSSR count). The van der Waals surface area contributed by atoms with Gasteiger partial charge in [0, 0.05) is 17.2 Å². The predicted molar refractivity (Wildman–Crippen MR) is 103 cm³/mol. The quantitative estimate of drug-likeness (QED) is 0.462. The fourth-order valence-electron chi connectivity index (χ4n) is 2.64. The molecule has 0 saturated heterocycles. The van der Waals surface area contributed by atoms with E-state index in [9.17, 15) is 32.9 Å². The molecule has 1 heterocycles. The van der Waals surface area contributed by atoms with Gasteiger partial charge in [0.05, 0.1) is 38.4 Å². The van der Waals surface area contributed by atoms with Crippen LogP contribution in [0.3, 0.4) is 0 Å². The molecule has 13 heteroatoms. The van der Waals surface area contributed by atoms with Gasteiger partial charge in [-0.2, -0.15) is 13.2 Å². The molecule has 3 aromatic rings. The molecular formula is C17H9Cl2F3N4O4. The van der Waals surface area contributed by atoms with Gasteiger partial charge >= 0.3 is 6.18 Å². The molecule has 0 saturated carbocycles. The van der Waals surface area contributed by atoms with Gasteiger partial charge in [0.1, 0.15) is 6.54 Å². The highest BCUT2D eigenvalue weighted by Gasteiger charge is 2.35. The number of hydrogen-bond acceptors (Lipinski definition) is 5. The van der Waals surface area contributed by atoms with Gasteiger partial charge < -0.3 is 5.32 Å². The highest BCUT2D eigenvalue weighted by Crippen LogP contribution is 2.37. The van der Waals surface area contributed by atoms with E-state index in [1.54, 1.807) is 0 Å². The van der Waals surface area contributed by atoms with Crippen molar-refractivity contribution in [1.29, 1.82) is 0 Å². The van der Waals surface area contributed by atoms with Crippen LogP contribution in [0.25, 0.3) is 10.9 Å². The van der Waals surface area contributed by atoms with Crippen molar-refractivity contribution in [3.05, 3.63) is 72.7 Å². The van der Waals surface area contributed by atoms with Crippen molar-refractivity contribution in [2.24, 2.45) is 0 Å². The molecule has 0 unspecified atom stereocenters. The highest BCUT2D eigenvalue weighted by molar-refractivity contribution is 6.38. The molecule has 1 amide bonds. The average molecular weight is 461 g/mol. The number of carbonyl (C=O) groups excluding carboxylic acids is 1. The van der Waals surface area contributed by atoms with Crippen molar-refractivity contribution < 1.29 is 22.9 Å². The van der Waals surface area contributed by atoms with E-state index in [1.807, 2.05) is 5.32 Å². The Kier molecular flexibility index (Phi) is 5.68. The first kappa shape index (κ1) is 21.5. The lowest BCUT2D eigenvalue weighted by Gasteiger charge is -2.14. The van der Waals surface area contributed by atoms with Gasteiger partial charge in [-0.05, 0) is 18.2 Å². The maximum atomic E-state index is 13.2. The van der Waals surface area contributed by atoms with Crippen molar-refractivity contribution >= 4 is 51.4 Å². The van der Waals surface area contributed by atoms with Crippen LogP contribution in [0.4, 0.5) is 24.5 Å². The van der Waals surface area contributed by atoms with Gasteiger partial charge in [-0.3, -0.25) is 24.3 Å². The molecule has 1 N–H and O–H groups in total. The Morgan fingerprint density at radius 3 is 2.57 bits per heavy atom. The average Bonchev–Trinajstić information content (AvgIpc) is 2.63. The number of nitrogens with one attached hydrogen (secondary N) is 1. The Labute approximate surface area is 175 Å². The SMILES string of the molecule is O=C(Cn1cnc2c(Cl)cc(Cl)cc2c1=O)Nc1ccc([N+](=O)[O-])cc1C(F)(F)F. The van der Waals surface area contributed by atoms with Gasteiger partial charge in [0.15, 0.2) is 0 Å². The molecule has 0 bridgehead atoms. The van der Waals surface area contributed by atoms with Crippen molar-refractivity contribution in [2.75, 3.05) is 5.32 Å². The molecule has 0 aliphatic heterocycles. The lowest BCUT2D eigenvalue weighted by atomic mass is 10.1. The van der Waals surface area contributed by atoms with Crippen LogP contribution in [-0.2, 0) is 17.5 Å². The molecule has 30 heavy (non-hydrogen) atoms. The number of benzene rings is 2. The first-order valence-electron chi connectivity index (χ1n) is 7.97. The normalized spacial score (nSPS) is 11.5. The Morgan fingerprint density at radius 2 is 1.93 bits per heavy atom. The number of nitro benzene ring substituents is 1. The van der Waals surface area contributed by atoms with Gasteiger partial charge in [-0.25, -0.2) is 4.98 Å². The first-order valence-corrected chi connectivity index (χ1v) is 8.72. The van der Waals surface area contributed by atoms with E-state index >= 15 is 0 Å². The number of nitrogens with zero attached hydrogens (tertiary/aromatic N) is 3. The number of fused-ring (bicyclic) bond motifs is 1. The summed E-state index contributed by atoms with van der Waals surface area (Å²) < 4.78 is 40.5. The zero-order chi connectivity index (χ0) is 22.2. The van der Waals surface area contributed by atoms with Crippen LogP contribution < -0.4 is 10.9 Å². The Morgan fingerprint density at radius 1 is 1.23 bits per heavy atom. The second-order valence-electron chi connectivity index (χ2n) is 5.99. The lowest BCUT2D eigenvalue weighted by molar-refractivity contribution is -0.385. The van der Waals surface area contributed by atoms with E-state index in [4.69, 9.17) is 23.2 Å². The van der Waals surface area contributed by atoms with Gasteiger partial charge in [-0.15, -0.1) is 0 Å². The molecular weight excluding hydrogens is 452 g/mol. The molecule has 0 spiro atoms. The Balaban J connectivity index is 1.92. The second kappa shape index (κ2) is 7.92. The first-order chi connectivity index (χ1) is 14.0. The van der Waals surface area contributed by atoms with E-state index in [0.717, 1.165) is 23.0 Å². The molecule has 8 nitrogen and oxygen atoms in total. The molecule has 0 aliphatic rings. The third-order valence-electron chi connectivity index (χ3n) is 3.95. The van der Waals surface area contributed by atoms with E-state index < -0.39 is 46.0 Å². The summed E-state index contributed by atoms with van der Waals surface area (Å²) in [6.45, 7) is -0.666. The second-order valence-corrected chi connectivity index (χ2v) is 6.84. The summed E-state index contributed by atoms with van der Waals surface area (Å²) in [6, 6.07) is 4.56. The zero-order valence-corrected chi connectivity index (χ0v) is 16.0. The Hall–Kier alpha value is -3.18. The third kappa shape index (κ3) is 4.36. The number of alkyl halides is 3. The standard InChI is InChI=1S/C17H9Cl2F3N4O4/c18-8-3-10-15(12(19)4-8)23-7-25(16(10)28)6-14(27)24-13-2-1-9(26(29)30)5-11(13)17(20,21)22/h1-5,7H,6H2,(H,24,27). The van der Waals surface area contributed by atoms with E-state index in [2.05, 4.69) is 4.98 Å². The fourth-order valence-corrected chi connectivity index (χ4v) is 3.18. The maximum absolute atomic E-state index is 13.2. The minimum atomic E-state index is -4.95. The van der Waals surface area contributed by atoms with Crippen LogP contribution >= 0.6 is 23.2 Å².